The highest BCUT2D eigenvalue weighted by molar-refractivity contribution is 9.10. The van der Waals surface area contributed by atoms with E-state index in [-0.39, 0.29) is 11.7 Å². The van der Waals surface area contributed by atoms with Gasteiger partial charge in [-0.1, -0.05) is 0 Å². The van der Waals surface area contributed by atoms with E-state index >= 15 is 0 Å². The Labute approximate surface area is 96.2 Å². The van der Waals surface area contributed by atoms with Crippen molar-refractivity contribution in [2.45, 2.75) is 19.8 Å². The molecule has 1 fully saturated rings. The van der Waals surface area contributed by atoms with Crippen molar-refractivity contribution < 1.29 is 9.18 Å². The predicted octanol–water partition coefficient (Wildman–Crippen LogP) is 3.02. The summed E-state index contributed by atoms with van der Waals surface area (Å²) in [7, 11) is 0. The number of rotatable bonds is 1. The molecule has 0 aliphatic carbocycles. The monoisotopic (exact) mass is 271 g/mol. The van der Waals surface area contributed by atoms with Gasteiger partial charge in [0.25, 0.3) is 0 Å². The van der Waals surface area contributed by atoms with Crippen LogP contribution in [-0.4, -0.2) is 12.5 Å². The maximum Gasteiger partial charge on any atom is 0.227 e. The van der Waals surface area contributed by atoms with Crippen molar-refractivity contribution in [3.8, 4) is 0 Å². The zero-order valence-electron chi connectivity index (χ0n) is 8.39. The van der Waals surface area contributed by atoms with E-state index in [0.717, 1.165) is 12.0 Å². The summed E-state index contributed by atoms with van der Waals surface area (Å²) in [4.78, 5) is 13.2. The van der Waals surface area contributed by atoms with Gasteiger partial charge in [-0.25, -0.2) is 4.39 Å². The lowest BCUT2D eigenvalue weighted by atomic mass is 10.2. The number of hydrogen-bond donors (Lipinski definition) is 0. The highest BCUT2D eigenvalue weighted by Crippen LogP contribution is 2.29. The summed E-state index contributed by atoms with van der Waals surface area (Å²) in [6.45, 7) is 2.58. The fourth-order valence-electron chi connectivity index (χ4n) is 1.83. The summed E-state index contributed by atoms with van der Waals surface area (Å²) in [5.74, 6) is -0.241. The Morgan fingerprint density at radius 1 is 1.47 bits per heavy atom. The molecular formula is C11H11BrFNO. The molecule has 0 unspecified atom stereocenters. The third kappa shape index (κ3) is 1.91. The van der Waals surface area contributed by atoms with Crippen molar-refractivity contribution in [1.29, 1.82) is 0 Å². The van der Waals surface area contributed by atoms with E-state index in [0.29, 0.717) is 23.1 Å². The van der Waals surface area contributed by atoms with Crippen LogP contribution in [0.1, 0.15) is 18.4 Å². The Morgan fingerprint density at radius 2 is 2.20 bits per heavy atom. The molecule has 4 heteroatoms. The van der Waals surface area contributed by atoms with Gasteiger partial charge in [-0.15, -0.1) is 0 Å². The van der Waals surface area contributed by atoms with Crippen LogP contribution in [-0.2, 0) is 4.79 Å². The first-order valence-corrected chi connectivity index (χ1v) is 5.65. The van der Waals surface area contributed by atoms with E-state index in [4.69, 9.17) is 0 Å². The SMILES string of the molecule is Cc1cc(Br)c(F)cc1N1CCCC1=O. The molecular weight excluding hydrogens is 261 g/mol. The number of halogens is 2. The summed E-state index contributed by atoms with van der Waals surface area (Å²) in [5.41, 5.74) is 1.61. The average Bonchev–Trinajstić information content (AvgIpc) is 2.58. The van der Waals surface area contributed by atoms with Gasteiger partial charge in [-0.2, -0.15) is 0 Å². The van der Waals surface area contributed by atoms with E-state index in [2.05, 4.69) is 15.9 Å². The summed E-state index contributed by atoms with van der Waals surface area (Å²) in [6.07, 6.45) is 1.42. The van der Waals surface area contributed by atoms with E-state index in [1.165, 1.54) is 6.07 Å². The maximum absolute atomic E-state index is 13.4. The lowest BCUT2D eigenvalue weighted by molar-refractivity contribution is -0.117. The molecule has 1 aliphatic heterocycles. The van der Waals surface area contributed by atoms with Gasteiger partial charge in [-0.05, 0) is 47.0 Å². The molecule has 1 saturated heterocycles. The predicted molar refractivity (Wildman–Crippen MR) is 60.4 cm³/mol. The number of nitrogens with zero attached hydrogens (tertiary/aromatic N) is 1. The second kappa shape index (κ2) is 3.93. The smallest absolute Gasteiger partial charge is 0.227 e. The quantitative estimate of drug-likeness (QED) is 0.769. The van der Waals surface area contributed by atoms with Crippen LogP contribution in [0, 0.1) is 12.7 Å². The largest absolute Gasteiger partial charge is 0.312 e. The normalized spacial score (nSPS) is 16.2. The maximum atomic E-state index is 13.4. The minimum atomic E-state index is -0.324. The molecule has 15 heavy (non-hydrogen) atoms. The molecule has 0 N–H and O–H groups in total. The van der Waals surface area contributed by atoms with Crippen LogP contribution in [0.25, 0.3) is 0 Å². The molecule has 0 atom stereocenters. The van der Waals surface area contributed by atoms with Crippen LogP contribution in [0.3, 0.4) is 0 Å². The van der Waals surface area contributed by atoms with Gasteiger partial charge in [0.05, 0.1) is 4.47 Å². The average molecular weight is 272 g/mol. The minimum Gasteiger partial charge on any atom is -0.312 e. The zero-order chi connectivity index (χ0) is 11.0. The van der Waals surface area contributed by atoms with E-state index in [1.807, 2.05) is 6.92 Å². The lowest BCUT2D eigenvalue weighted by Gasteiger charge is -2.18. The first-order valence-electron chi connectivity index (χ1n) is 4.85. The molecule has 1 aliphatic rings. The summed E-state index contributed by atoms with van der Waals surface area (Å²) in [5, 5.41) is 0. The number of aryl methyl sites for hydroxylation is 1. The van der Waals surface area contributed by atoms with Gasteiger partial charge in [0, 0.05) is 18.7 Å². The van der Waals surface area contributed by atoms with Crippen LogP contribution < -0.4 is 4.90 Å². The number of carbonyl (C=O) groups excluding carboxylic acids is 1. The van der Waals surface area contributed by atoms with Crippen LogP contribution in [0.2, 0.25) is 0 Å². The summed E-state index contributed by atoms with van der Waals surface area (Å²) >= 11 is 3.13. The molecule has 1 heterocycles. The molecule has 80 valence electrons. The molecule has 2 nitrogen and oxygen atoms in total. The zero-order valence-corrected chi connectivity index (χ0v) is 9.97. The Hall–Kier alpha value is -0.900. The van der Waals surface area contributed by atoms with E-state index in [1.54, 1.807) is 11.0 Å². The van der Waals surface area contributed by atoms with E-state index < -0.39 is 0 Å². The molecule has 0 radical (unpaired) electrons. The standard InChI is InChI=1S/C11H11BrFNO/c1-7-5-8(12)9(13)6-10(7)14-4-2-3-11(14)15/h5-6H,2-4H2,1H3. The van der Waals surface area contributed by atoms with Gasteiger partial charge >= 0.3 is 0 Å². The molecule has 0 saturated carbocycles. The Bertz CT molecular complexity index is 419. The Morgan fingerprint density at radius 3 is 2.80 bits per heavy atom. The van der Waals surface area contributed by atoms with Crippen LogP contribution in [0.4, 0.5) is 10.1 Å². The molecule has 2 rings (SSSR count). The third-order valence-corrected chi connectivity index (χ3v) is 3.21. The van der Waals surface area contributed by atoms with Crippen LogP contribution >= 0.6 is 15.9 Å². The first kappa shape index (κ1) is 10.6. The fraction of sp³-hybridized carbons (Fsp3) is 0.364. The van der Waals surface area contributed by atoms with Gasteiger partial charge < -0.3 is 4.90 Å². The van der Waals surface area contributed by atoms with Crippen LogP contribution in [0.15, 0.2) is 16.6 Å². The fourth-order valence-corrected chi connectivity index (χ4v) is 2.29. The topological polar surface area (TPSA) is 20.3 Å². The van der Waals surface area contributed by atoms with Crippen molar-refractivity contribution in [2.24, 2.45) is 0 Å². The number of hydrogen-bond acceptors (Lipinski definition) is 1. The number of benzene rings is 1. The van der Waals surface area contributed by atoms with Crippen molar-refractivity contribution in [1.82, 2.24) is 0 Å². The Balaban J connectivity index is 2.43. The summed E-state index contributed by atoms with van der Waals surface area (Å²) in [6, 6.07) is 3.12. The second-order valence-corrected chi connectivity index (χ2v) is 4.56. The number of carbonyl (C=O) groups is 1. The molecule has 0 aromatic heterocycles. The van der Waals surface area contributed by atoms with Crippen LogP contribution in [0.5, 0.6) is 0 Å². The van der Waals surface area contributed by atoms with Crippen molar-refractivity contribution in [2.75, 3.05) is 11.4 Å². The van der Waals surface area contributed by atoms with Crippen molar-refractivity contribution >= 4 is 27.5 Å². The highest BCUT2D eigenvalue weighted by atomic mass is 79.9. The van der Waals surface area contributed by atoms with Gasteiger partial charge in [0.15, 0.2) is 0 Å². The molecule has 1 aromatic carbocycles. The Kier molecular flexibility index (Phi) is 2.78. The molecule has 1 aromatic rings. The first-order chi connectivity index (χ1) is 7.09. The molecule has 0 bridgehead atoms. The number of amides is 1. The minimum absolute atomic E-state index is 0.0832. The van der Waals surface area contributed by atoms with Gasteiger partial charge in [-0.3, -0.25) is 4.79 Å². The number of anilines is 1. The van der Waals surface area contributed by atoms with E-state index in [9.17, 15) is 9.18 Å². The lowest BCUT2D eigenvalue weighted by Crippen LogP contribution is -2.24. The van der Waals surface area contributed by atoms with Gasteiger partial charge in [0.2, 0.25) is 5.91 Å². The summed E-state index contributed by atoms with van der Waals surface area (Å²) < 4.78 is 13.8. The van der Waals surface area contributed by atoms with Gasteiger partial charge in [0.1, 0.15) is 5.82 Å². The second-order valence-electron chi connectivity index (χ2n) is 3.70. The molecule has 1 amide bonds. The third-order valence-electron chi connectivity index (χ3n) is 2.60. The van der Waals surface area contributed by atoms with Crippen molar-refractivity contribution in [3.63, 3.8) is 0 Å². The molecule has 0 spiro atoms. The highest BCUT2D eigenvalue weighted by Gasteiger charge is 2.23. The van der Waals surface area contributed by atoms with Crippen molar-refractivity contribution in [3.05, 3.63) is 28.0 Å².